The first kappa shape index (κ1) is 12.7. The molecule has 100 valence electrons. The van der Waals surface area contributed by atoms with Crippen molar-refractivity contribution in [1.29, 1.82) is 0 Å². The van der Waals surface area contributed by atoms with Crippen molar-refractivity contribution in [1.82, 2.24) is 0 Å². The van der Waals surface area contributed by atoms with Gasteiger partial charge in [-0.05, 0) is 22.6 Å². The Labute approximate surface area is 118 Å². The van der Waals surface area contributed by atoms with E-state index in [0.717, 1.165) is 17.3 Å². The Morgan fingerprint density at radius 2 is 1.45 bits per heavy atom. The Bertz CT molecular complexity index is 722. The first-order chi connectivity index (χ1) is 9.81. The number of phenolic OH excluding ortho intramolecular Hbond substituents is 1. The number of benzene rings is 3. The third-order valence-corrected chi connectivity index (χ3v) is 3.80. The number of quaternary nitrogens is 1. The second-order valence-electron chi connectivity index (χ2n) is 4.97. The smallest absolute Gasteiger partial charge is 0.123 e. The molecule has 0 aliphatic heterocycles. The van der Waals surface area contributed by atoms with Gasteiger partial charge in [0.1, 0.15) is 5.75 Å². The molecule has 0 bridgehead atoms. The Kier molecular flexibility index (Phi) is 3.40. The molecule has 0 spiro atoms. The van der Waals surface area contributed by atoms with Gasteiger partial charge in [-0.1, -0.05) is 60.7 Å². The summed E-state index contributed by atoms with van der Waals surface area (Å²) in [5.41, 5.74) is 6.59. The minimum atomic E-state index is 0.252. The van der Waals surface area contributed by atoms with Gasteiger partial charge in [0, 0.05) is 5.39 Å². The van der Waals surface area contributed by atoms with E-state index in [-0.39, 0.29) is 5.92 Å². The lowest BCUT2D eigenvalue weighted by atomic mass is 9.88. The molecule has 0 heterocycles. The summed E-state index contributed by atoms with van der Waals surface area (Å²) >= 11 is 0. The van der Waals surface area contributed by atoms with E-state index in [2.05, 4.69) is 36.1 Å². The highest BCUT2D eigenvalue weighted by atomic mass is 16.3. The highest BCUT2D eigenvalue weighted by Gasteiger charge is 2.17. The topological polar surface area (TPSA) is 47.9 Å². The minimum Gasteiger partial charge on any atom is -0.507 e. The first-order valence-electron chi connectivity index (χ1n) is 6.86. The summed E-state index contributed by atoms with van der Waals surface area (Å²) in [7, 11) is 0. The van der Waals surface area contributed by atoms with E-state index in [1.807, 2.05) is 30.3 Å². The van der Waals surface area contributed by atoms with Crippen molar-refractivity contribution in [2.75, 3.05) is 6.54 Å². The third-order valence-electron chi connectivity index (χ3n) is 3.80. The molecule has 0 saturated heterocycles. The van der Waals surface area contributed by atoms with Gasteiger partial charge in [-0.25, -0.2) is 0 Å². The zero-order chi connectivity index (χ0) is 13.9. The average Bonchev–Trinajstić information content (AvgIpc) is 2.52. The van der Waals surface area contributed by atoms with Crippen molar-refractivity contribution in [3.8, 4) is 5.75 Å². The van der Waals surface area contributed by atoms with Gasteiger partial charge in [0.05, 0.1) is 12.5 Å². The Hall–Kier alpha value is -2.32. The Morgan fingerprint density at radius 1 is 0.800 bits per heavy atom. The van der Waals surface area contributed by atoms with Crippen LogP contribution in [-0.4, -0.2) is 11.7 Å². The lowest BCUT2D eigenvalue weighted by molar-refractivity contribution is -0.370. The lowest BCUT2D eigenvalue weighted by Crippen LogP contribution is -2.53. The van der Waals surface area contributed by atoms with Gasteiger partial charge < -0.3 is 10.8 Å². The highest BCUT2D eigenvalue weighted by molar-refractivity contribution is 5.91. The molecule has 0 saturated carbocycles. The van der Waals surface area contributed by atoms with E-state index < -0.39 is 0 Å². The summed E-state index contributed by atoms with van der Waals surface area (Å²) < 4.78 is 0. The largest absolute Gasteiger partial charge is 0.507 e. The van der Waals surface area contributed by atoms with Gasteiger partial charge in [0.15, 0.2) is 0 Å². The summed E-state index contributed by atoms with van der Waals surface area (Å²) in [5.74, 6) is 0.585. The van der Waals surface area contributed by atoms with Gasteiger partial charge in [0.25, 0.3) is 0 Å². The number of rotatable bonds is 3. The molecule has 4 N–H and O–H groups in total. The fourth-order valence-corrected chi connectivity index (χ4v) is 2.80. The molecule has 3 aromatic rings. The zero-order valence-electron chi connectivity index (χ0n) is 11.3. The quantitative estimate of drug-likeness (QED) is 0.750. The van der Waals surface area contributed by atoms with E-state index >= 15 is 0 Å². The van der Waals surface area contributed by atoms with E-state index in [0.29, 0.717) is 5.75 Å². The van der Waals surface area contributed by atoms with Crippen LogP contribution in [0.2, 0.25) is 0 Å². The van der Waals surface area contributed by atoms with Crippen LogP contribution >= 0.6 is 0 Å². The van der Waals surface area contributed by atoms with Crippen molar-refractivity contribution in [2.45, 2.75) is 5.92 Å². The fraction of sp³-hybridized carbons (Fsp3) is 0.111. The summed E-state index contributed by atoms with van der Waals surface area (Å²) in [4.78, 5) is 0. The predicted octanol–water partition coefficient (Wildman–Crippen LogP) is 2.92. The number of phenols is 1. The van der Waals surface area contributed by atoms with Crippen LogP contribution in [0.25, 0.3) is 10.8 Å². The van der Waals surface area contributed by atoms with Crippen LogP contribution in [0.15, 0.2) is 66.7 Å². The maximum Gasteiger partial charge on any atom is 0.123 e. The second-order valence-corrected chi connectivity index (χ2v) is 4.97. The number of fused-ring (bicyclic) bond motifs is 1. The van der Waals surface area contributed by atoms with Gasteiger partial charge in [-0.15, -0.1) is 0 Å². The second kappa shape index (κ2) is 5.35. The molecule has 1 unspecified atom stereocenters. The Morgan fingerprint density at radius 3 is 2.15 bits per heavy atom. The van der Waals surface area contributed by atoms with Crippen molar-refractivity contribution in [3.05, 3.63) is 77.9 Å². The van der Waals surface area contributed by atoms with Gasteiger partial charge in [0.2, 0.25) is 0 Å². The van der Waals surface area contributed by atoms with Crippen LogP contribution in [0.4, 0.5) is 0 Å². The monoisotopic (exact) mass is 264 g/mol. The molecule has 0 aliphatic rings. The van der Waals surface area contributed by atoms with E-state index in [1.165, 1.54) is 11.1 Å². The standard InChI is InChI=1S/C18H17NO/c19-12-17(13-6-2-1-3-7-13)15-10-11-18(20)16-9-5-4-8-14(15)16/h1-11,17,20H,12,19H2/p+1. The van der Waals surface area contributed by atoms with Crippen molar-refractivity contribution < 1.29 is 10.8 Å². The molecular formula is C18H18NO+. The van der Waals surface area contributed by atoms with E-state index in [1.54, 1.807) is 6.07 Å². The summed E-state index contributed by atoms with van der Waals surface area (Å²) in [6.07, 6.45) is 0. The molecule has 0 fully saturated rings. The minimum absolute atomic E-state index is 0.252. The molecule has 20 heavy (non-hydrogen) atoms. The van der Waals surface area contributed by atoms with Gasteiger partial charge in [-0.2, -0.15) is 0 Å². The van der Waals surface area contributed by atoms with Crippen LogP contribution in [0.3, 0.4) is 0 Å². The number of aromatic hydroxyl groups is 1. The van der Waals surface area contributed by atoms with Crippen LogP contribution < -0.4 is 5.73 Å². The first-order valence-corrected chi connectivity index (χ1v) is 6.86. The molecule has 2 nitrogen and oxygen atoms in total. The number of hydrogen-bond acceptors (Lipinski definition) is 1. The normalized spacial score (nSPS) is 12.4. The zero-order valence-corrected chi connectivity index (χ0v) is 11.3. The van der Waals surface area contributed by atoms with E-state index in [9.17, 15) is 5.11 Å². The molecule has 3 aromatic carbocycles. The number of hydrogen-bond donors (Lipinski definition) is 2. The molecule has 0 aromatic heterocycles. The molecule has 0 aliphatic carbocycles. The van der Waals surface area contributed by atoms with Crippen LogP contribution in [0.1, 0.15) is 17.0 Å². The maximum absolute atomic E-state index is 10.0. The molecule has 0 amide bonds. The van der Waals surface area contributed by atoms with Crippen LogP contribution in [0.5, 0.6) is 5.75 Å². The average molecular weight is 264 g/mol. The third kappa shape index (κ3) is 2.15. The highest BCUT2D eigenvalue weighted by Crippen LogP contribution is 2.33. The van der Waals surface area contributed by atoms with Crippen molar-refractivity contribution in [2.24, 2.45) is 0 Å². The summed E-state index contributed by atoms with van der Waals surface area (Å²) in [5, 5.41) is 12.0. The SMILES string of the molecule is [NH3+]CC(c1ccccc1)c1ccc(O)c2ccccc12. The van der Waals surface area contributed by atoms with E-state index in [4.69, 9.17) is 0 Å². The van der Waals surface area contributed by atoms with Crippen molar-refractivity contribution >= 4 is 10.8 Å². The van der Waals surface area contributed by atoms with Crippen LogP contribution in [0, 0.1) is 0 Å². The summed E-state index contributed by atoms with van der Waals surface area (Å²) in [6, 6.07) is 22.2. The fourth-order valence-electron chi connectivity index (χ4n) is 2.80. The molecule has 1 atom stereocenters. The van der Waals surface area contributed by atoms with Crippen LogP contribution in [-0.2, 0) is 0 Å². The maximum atomic E-state index is 10.0. The van der Waals surface area contributed by atoms with Gasteiger partial charge in [-0.3, -0.25) is 0 Å². The van der Waals surface area contributed by atoms with Crippen molar-refractivity contribution in [3.63, 3.8) is 0 Å². The molecule has 2 heteroatoms. The Balaban J connectivity index is 2.21. The van der Waals surface area contributed by atoms with Gasteiger partial charge >= 0.3 is 0 Å². The summed E-state index contributed by atoms with van der Waals surface area (Å²) in [6.45, 7) is 0.790. The molecular weight excluding hydrogens is 246 g/mol. The molecule has 3 rings (SSSR count). The lowest BCUT2D eigenvalue weighted by Gasteiger charge is -2.17. The molecule has 0 radical (unpaired) electrons. The predicted molar refractivity (Wildman–Crippen MR) is 81.7 cm³/mol.